The Bertz CT molecular complexity index is 829. The van der Waals surface area contributed by atoms with Crippen LogP contribution < -0.4 is 0 Å². The number of rotatable bonds is 3. The maximum atomic E-state index is 13.7. The summed E-state index contributed by atoms with van der Waals surface area (Å²) in [4.78, 5) is 33.4. The van der Waals surface area contributed by atoms with Crippen LogP contribution in [0, 0.1) is 13.8 Å². The molecule has 1 saturated carbocycles. The minimum Gasteiger partial charge on any atom is -0.364 e. The Morgan fingerprint density at radius 3 is 2.14 bits per heavy atom. The SMILES string of the molecule is Cc1ccc(C2=C(N3CCN(C)CC3)C(=O)N(C3CCCCCC3)C2=O)c(C)c1. The van der Waals surface area contributed by atoms with Crippen molar-refractivity contribution >= 4 is 17.4 Å². The summed E-state index contributed by atoms with van der Waals surface area (Å²) in [6, 6.07) is 6.22. The van der Waals surface area contributed by atoms with Crippen molar-refractivity contribution in [3.05, 3.63) is 40.6 Å². The molecule has 0 atom stereocenters. The molecule has 5 nitrogen and oxygen atoms in total. The highest BCUT2D eigenvalue weighted by Crippen LogP contribution is 2.37. The number of hydrogen-bond donors (Lipinski definition) is 0. The second kappa shape index (κ2) is 8.31. The van der Waals surface area contributed by atoms with Crippen molar-refractivity contribution in [3.63, 3.8) is 0 Å². The van der Waals surface area contributed by atoms with Crippen LogP contribution in [0.2, 0.25) is 0 Å². The Labute approximate surface area is 174 Å². The molecule has 156 valence electrons. The summed E-state index contributed by atoms with van der Waals surface area (Å²) < 4.78 is 0. The van der Waals surface area contributed by atoms with Crippen molar-refractivity contribution in [2.24, 2.45) is 0 Å². The van der Waals surface area contributed by atoms with Gasteiger partial charge in [0.05, 0.1) is 5.57 Å². The Morgan fingerprint density at radius 1 is 0.862 bits per heavy atom. The molecule has 1 aromatic rings. The first-order valence-electron chi connectivity index (χ1n) is 11.1. The maximum absolute atomic E-state index is 13.7. The molecule has 5 heteroatoms. The van der Waals surface area contributed by atoms with Crippen LogP contribution in [-0.2, 0) is 9.59 Å². The second-order valence-electron chi connectivity index (χ2n) is 8.96. The van der Waals surface area contributed by atoms with Gasteiger partial charge < -0.3 is 9.80 Å². The van der Waals surface area contributed by atoms with E-state index in [0.717, 1.165) is 63.0 Å². The zero-order chi connectivity index (χ0) is 20.5. The number of carbonyl (C=O) groups excluding carboxylic acids is 2. The molecule has 1 aromatic carbocycles. The number of nitrogens with zero attached hydrogens (tertiary/aromatic N) is 3. The highest BCUT2D eigenvalue weighted by molar-refractivity contribution is 6.36. The van der Waals surface area contributed by atoms with E-state index in [1.807, 2.05) is 19.1 Å². The minimum atomic E-state index is -0.0808. The predicted octanol–water partition coefficient (Wildman–Crippen LogP) is 3.35. The summed E-state index contributed by atoms with van der Waals surface area (Å²) in [5.74, 6) is -0.149. The molecule has 2 heterocycles. The van der Waals surface area contributed by atoms with Crippen LogP contribution >= 0.6 is 0 Å². The fourth-order valence-corrected chi connectivity index (χ4v) is 5.04. The van der Waals surface area contributed by atoms with Crippen LogP contribution in [0.5, 0.6) is 0 Å². The molecule has 0 unspecified atom stereocenters. The summed E-state index contributed by atoms with van der Waals surface area (Å²) >= 11 is 0. The Balaban J connectivity index is 1.76. The third kappa shape index (κ3) is 3.85. The predicted molar refractivity (Wildman–Crippen MR) is 115 cm³/mol. The van der Waals surface area contributed by atoms with Crippen LogP contribution in [0.3, 0.4) is 0 Å². The van der Waals surface area contributed by atoms with Gasteiger partial charge in [-0.15, -0.1) is 0 Å². The lowest BCUT2D eigenvalue weighted by Crippen LogP contribution is -2.47. The third-order valence-electron chi connectivity index (χ3n) is 6.75. The number of imide groups is 1. The lowest BCUT2D eigenvalue weighted by Gasteiger charge is -2.35. The first-order valence-corrected chi connectivity index (χ1v) is 11.1. The Hall–Kier alpha value is -2.14. The van der Waals surface area contributed by atoms with Crippen molar-refractivity contribution in [1.82, 2.24) is 14.7 Å². The number of aryl methyl sites for hydroxylation is 2. The lowest BCUT2D eigenvalue weighted by atomic mass is 9.97. The van der Waals surface area contributed by atoms with Crippen LogP contribution in [-0.4, -0.2) is 65.8 Å². The normalized spacial score (nSPS) is 22.6. The number of carbonyl (C=O) groups is 2. The lowest BCUT2D eigenvalue weighted by molar-refractivity contribution is -0.140. The third-order valence-corrected chi connectivity index (χ3v) is 6.75. The fraction of sp³-hybridized carbons (Fsp3) is 0.583. The van der Waals surface area contributed by atoms with Crippen molar-refractivity contribution in [3.8, 4) is 0 Å². The van der Waals surface area contributed by atoms with Gasteiger partial charge in [0.2, 0.25) is 0 Å². The molecule has 1 aliphatic carbocycles. The molecule has 0 aromatic heterocycles. The van der Waals surface area contributed by atoms with Crippen molar-refractivity contribution in [1.29, 1.82) is 0 Å². The molecule has 0 bridgehead atoms. The van der Waals surface area contributed by atoms with Gasteiger partial charge in [-0.05, 0) is 44.9 Å². The number of piperazine rings is 1. The molecule has 0 spiro atoms. The Morgan fingerprint density at radius 2 is 1.52 bits per heavy atom. The van der Waals surface area contributed by atoms with E-state index in [-0.39, 0.29) is 17.9 Å². The molecule has 0 N–H and O–H groups in total. The van der Waals surface area contributed by atoms with Gasteiger partial charge in [-0.1, -0.05) is 49.4 Å². The molecule has 2 fully saturated rings. The molecular weight excluding hydrogens is 362 g/mol. The minimum absolute atomic E-state index is 0.0446. The standard InChI is InChI=1S/C24H33N3O2/c1-17-10-11-20(18(2)16-17)21-22(26-14-12-25(3)13-15-26)24(29)27(23(21)28)19-8-6-4-5-7-9-19/h10-11,16,19H,4-9,12-15H2,1-3H3. The second-order valence-corrected chi connectivity index (χ2v) is 8.96. The summed E-state index contributed by atoms with van der Waals surface area (Å²) in [7, 11) is 2.11. The van der Waals surface area contributed by atoms with E-state index in [1.165, 1.54) is 18.4 Å². The molecule has 29 heavy (non-hydrogen) atoms. The molecule has 2 aliphatic heterocycles. The summed E-state index contributed by atoms with van der Waals surface area (Å²) in [6.45, 7) is 7.51. The monoisotopic (exact) mass is 395 g/mol. The van der Waals surface area contributed by atoms with Crippen LogP contribution in [0.25, 0.3) is 5.57 Å². The summed E-state index contributed by atoms with van der Waals surface area (Å²) in [5, 5.41) is 0. The molecule has 2 amide bonds. The van der Waals surface area contributed by atoms with Crippen molar-refractivity contribution in [2.75, 3.05) is 33.2 Å². The zero-order valence-corrected chi connectivity index (χ0v) is 18.0. The number of amides is 2. The average molecular weight is 396 g/mol. The fourth-order valence-electron chi connectivity index (χ4n) is 5.04. The van der Waals surface area contributed by atoms with Gasteiger partial charge in [0.1, 0.15) is 5.70 Å². The summed E-state index contributed by atoms with van der Waals surface area (Å²) in [6.07, 6.45) is 6.49. The van der Waals surface area contributed by atoms with Crippen LogP contribution in [0.4, 0.5) is 0 Å². The van der Waals surface area contributed by atoms with E-state index in [4.69, 9.17) is 0 Å². The zero-order valence-electron chi connectivity index (χ0n) is 18.0. The van der Waals surface area contributed by atoms with E-state index in [9.17, 15) is 9.59 Å². The van der Waals surface area contributed by atoms with Gasteiger partial charge in [0.15, 0.2) is 0 Å². The molecule has 4 rings (SSSR count). The number of likely N-dealkylation sites (N-methyl/N-ethyl adjacent to an activating group) is 1. The highest BCUT2D eigenvalue weighted by atomic mass is 16.2. The van der Waals surface area contributed by atoms with Gasteiger partial charge in [-0.25, -0.2) is 0 Å². The largest absolute Gasteiger partial charge is 0.364 e. The maximum Gasteiger partial charge on any atom is 0.278 e. The Kier molecular flexibility index (Phi) is 5.77. The van der Waals surface area contributed by atoms with Gasteiger partial charge in [-0.3, -0.25) is 14.5 Å². The quantitative estimate of drug-likeness (QED) is 0.582. The highest BCUT2D eigenvalue weighted by Gasteiger charge is 2.45. The topological polar surface area (TPSA) is 43.9 Å². The van der Waals surface area contributed by atoms with E-state index < -0.39 is 0 Å². The molecule has 0 radical (unpaired) electrons. The smallest absolute Gasteiger partial charge is 0.278 e. The van der Waals surface area contributed by atoms with Gasteiger partial charge >= 0.3 is 0 Å². The first-order chi connectivity index (χ1) is 14.0. The van der Waals surface area contributed by atoms with E-state index >= 15 is 0 Å². The molecular formula is C24H33N3O2. The van der Waals surface area contributed by atoms with Crippen LogP contribution in [0.15, 0.2) is 23.9 Å². The van der Waals surface area contributed by atoms with E-state index in [1.54, 1.807) is 4.90 Å². The van der Waals surface area contributed by atoms with Gasteiger partial charge in [0, 0.05) is 32.2 Å². The molecule has 1 saturated heterocycles. The van der Waals surface area contributed by atoms with E-state index in [0.29, 0.717) is 11.3 Å². The number of benzene rings is 1. The van der Waals surface area contributed by atoms with E-state index in [2.05, 4.69) is 29.8 Å². The molecule has 3 aliphatic rings. The van der Waals surface area contributed by atoms with Gasteiger partial charge in [-0.2, -0.15) is 0 Å². The summed E-state index contributed by atoms with van der Waals surface area (Å²) in [5.41, 5.74) is 4.42. The average Bonchev–Trinajstić information content (AvgIpc) is 2.85. The first kappa shape index (κ1) is 20.1. The van der Waals surface area contributed by atoms with Crippen LogP contribution in [0.1, 0.15) is 55.2 Å². The number of hydrogen-bond acceptors (Lipinski definition) is 4. The van der Waals surface area contributed by atoms with Gasteiger partial charge in [0.25, 0.3) is 11.8 Å². The van der Waals surface area contributed by atoms with Crippen molar-refractivity contribution in [2.45, 2.75) is 58.4 Å². The van der Waals surface area contributed by atoms with Crippen molar-refractivity contribution < 1.29 is 9.59 Å².